The van der Waals surface area contributed by atoms with Crippen molar-refractivity contribution in [1.29, 1.82) is 0 Å². The molecular weight excluding hydrogens is 410 g/mol. The van der Waals surface area contributed by atoms with Gasteiger partial charge in [-0.3, -0.25) is 14.5 Å². The molecule has 2 amide bonds. The molecular formula is C25H21NO4S. The Labute approximate surface area is 185 Å². The lowest BCUT2D eigenvalue weighted by molar-refractivity contribution is -0.123. The number of nitrogens with zero attached hydrogens (tertiary/aromatic N) is 1. The van der Waals surface area contributed by atoms with E-state index in [0.29, 0.717) is 11.5 Å². The van der Waals surface area contributed by atoms with Gasteiger partial charge in [-0.15, -0.1) is 0 Å². The van der Waals surface area contributed by atoms with Gasteiger partial charge < -0.3 is 9.47 Å². The molecule has 0 saturated carbocycles. The van der Waals surface area contributed by atoms with Gasteiger partial charge in [0.05, 0.1) is 11.4 Å². The Morgan fingerprint density at radius 2 is 1.71 bits per heavy atom. The van der Waals surface area contributed by atoms with E-state index in [9.17, 15) is 9.59 Å². The van der Waals surface area contributed by atoms with E-state index in [2.05, 4.69) is 6.58 Å². The zero-order valence-corrected chi connectivity index (χ0v) is 17.6. The molecule has 4 rings (SSSR count). The van der Waals surface area contributed by atoms with Gasteiger partial charge in [0.2, 0.25) is 0 Å². The highest BCUT2D eigenvalue weighted by Crippen LogP contribution is 2.32. The zero-order chi connectivity index (χ0) is 21.6. The molecule has 0 N–H and O–H groups in total. The number of benzene rings is 3. The minimum absolute atomic E-state index is 0.194. The highest BCUT2D eigenvalue weighted by atomic mass is 32.2. The van der Waals surface area contributed by atoms with Crippen molar-refractivity contribution in [1.82, 2.24) is 4.90 Å². The first-order valence-electron chi connectivity index (χ1n) is 9.85. The Bertz CT molecular complexity index is 1150. The van der Waals surface area contributed by atoms with Crippen LogP contribution >= 0.6 is 11.8 Å². The van der Waals surface area contributed by atoms with Gasteiger partial charge in [-0.1, -0.05) is 61.2 Å². The van der Waals surface area contributed by atoms with E-state index in [0.717, 1.165) is 39.6 Å². The van der Waals surface area contributed by atoms with Crippen molar-refractivity contribution in [3.8, 4) is 11.5 Å². The fourth-order valence-electron chi connectivity index (χ4n) is 3.23. The van der Waals surface area contributed by atoms with Crippen LogP contribution in [0, 0.1) is 0 Å². The average molecular weight is 432 g/mol. The maximum atomic E-state index is 12.7. The molecule has 1 fully saturated rings. The SMILES string of the molecule is C=CCOc1ccc(/C=C2\SC(=O)N(CCOc3cccc4ccccc34)C2=O)cc1. The summed E-state index contributed by atoms with van der Waals surface area (Å²) < 4.78 is 11.3. The van der Waals surface area contributed by atoms with Crippen LogP contribution in [0.4, 0.5) is 4.79 Å². The Morgan fingerprint density at radius 3 is 2.52 bits per heavy atom. The van der Waals surface area contributed by atoms with Crippen molar-refractivity contribution in [2.24, 2.45) is 0 Å². The molecule has 1 aliphatic rings. The second-order valence-electron chi connectivity index (χ2n) is 6.83. The molecule has 1 heterocycles. The molecule has 0 bridgehead atoms. The topological polar surface area (TPSA) is 55.8 Å². The van der Waals surface area contributed by atoms with Crippen molar-refractivity contribution in [2.45, 2.75) is 0 Å². The number of imide groups is 1. The summed E-state index contributed by atoms with van der Waals surface area (Å²) in [6.07, 6.45) is 3.39. The summed E-state index contributed by atoms with van der Waals surface area (Å²) in [7, 11) is 0. The second-order valence-corrected chi connectivity index (χ2v) is 7.82. The van der Waals surface area contributed by atoms with E-state index in [4.69, 9.17) is 9.47 Å². The van der Waals surface area contributed by atoms with Gasteiger partial charge >= 0.3 is 0 Å². The van der Waals surface area contributed by atoms with Gasteiger partial charge in [-0.05, 0) is 47.0 Å². The summed E-state index contributed by atoms with van der Waals surface area (Å²) in [5.41, 5.74) is 0.823. The molecule has 0 spiro atoms. The Kier molecular flexibility index (Phi) is 6.38. The molecule has 156 valence electrons. The number of hydrogen-bond acceptors (Lipinski definition) is 5. The number of carbonyl (C=O) groups excluding carboxylic acids is 2. The Morgan fingerprint density at radius 1 is 0.935 bits per heavy atom. The minimum Gasteiger partial charge on any atom is -0.491 e. The summed E-state index contributed by atoms with van der Waals surface area (Å²) in [5.74, 6) is 1.15. The minimum atomic E-state index is -0.302. The van der Waals surface area contributed by atoms with Crippen molar-refractivity contribution in [3.63, 3.8) is 0 Å². The van der Waals surface area contributed by atoms with E-state index in [1.165, 1.54) is 4.90 Å². The highest BCUT2D eigenvalue weighted by Gasteiger charge is 2.34. The molecule has 0 atom stereocenters. The smallest absolute Gasteiger partial charge is 0.293 e. The van der Waals surface area contributed by atoms with Gasteiger partial charge in [-0.2, -0.15) is 0 Å². The van der Waals surface area contributed by atoms with E-state index < -0.39 is 0 Å². The number of hydrogen-bond donors (Lipinski definition) is 0. The fraction of sp³-hybridized carbons (Fsp3) is 0.120. The van der Waals surface area contributed by atoms with Crippen LogP contribution in [-0.4, -0.2) is 35.8 Å². The maximum Gasteiger partial charge on any atom is 0.293 e. The first kappa shape index (κ1) is 20.8. The predicted molar refractivity (Wildman–Crippen MR) is 124 cm³/mol. The number of rotatable bonds is 8. The normalized spacial score (nSPS) is 15.0. The lowest BCUT2D eigenvalue weighted by atomic mass is 10.1. The van der Waals surface area contributed by atoms with Crippen LogP contribution in [0.1, 0.15) is 5.56 Å². The van der Waals surface area contributed by atoms with Crippen molar-refractivity contribution in [2.75, 3.05) is 19.8 Å². The molecule has 5 nitrogen and oxygen atoms in total. The molecule has 3 aromatic rings. The summed E-state index contributed by atoms with van der Waals surface area (Å²) in [4.78, 5) is 26.7. The number of fused-ring (bicyclic) bond motifs is 1. The standard InChI is InChI=1S/C25H21NO4S/c1-2-15-29-20-12-10-18(11-13-20)17-23-24(27)26(25(28)31-23)14-16-30-22-9-5-7-19-6-3-4-8-21(19)22/h2-13,17H,1,14-16H2/b23-17-. The monoisotopic (exact) mass is 431 g/mol. The van der Waals surface area contributed by atoms with Crippen LogP contribution in [-0.2, 0) is 4.79 Å². The molecule has 3 aromatic carbocycles. The van der Waals surface area contributed by atoms with E-state index in [-0.39, 0.29) is 24.3 Å². The number of carbonyl (C=O) groups is 2. The third kappa shape index (κ3) is 4.81. The van der Waals surface area contributed by atoms with Crippen molar-refractivity contribution >= 4 is 39.8 Å². The second kappa shape index (κ2) is 9.53. The van der Waals surface area contributed by atoms with Gasteiger partial charge in [0, 0.05) is 5.39 Å². The largest absolute Gasteiger partial charge is 0.491 e. The van der Waals surface area contributed by atoms with Crippen LogP contribution < -0.4 is 9.47 Å². The Balaban J connectivity index is 1.39. The molecule has 0 aliphatic carbocycles. The molecule has 1 aliphatic heterocycles. The zero-order valence-electron chi connectivity index (χ0n) is 16.8. The van der Waals surface area contributed by atoms with Gasteiger partial charge in [0.15, 0.2) is 0 Å². The average Bonchev–Trinajstić information content (AvgIpc) is 3.06. The summed E-state index contributed by atoms with van der Waals surface area (Å²) in [6.45, 7) is 4.47. The van der Waals surface area contributed by atoms with Gasteiger partial charge in [-0.25, -0.2) is 0 Å². The van der Waals surface area contributed by atoms with Crippen LogP contribution in [0.2, 0.25) is 0 Å². The summed E-state index contributed by atoms with van der Waals surface area (Å²) >= 11 is 0.942. The van der Waals surface area contributed by atoms with Gasteiger partial charge in [0.1, 0.15) is 24.7 Å². The summed E-state index contributed by atoms with van der Waals surface area (Å²) in [6, 6.07) is 21.1. The molecule has 31 heavy (non-hydrogen) atoms. The number of ether oxygens (including phenoxy) is 2. The fourth-order valence-corrected chi connectivity index (χ4v) is 4.09. The van der Waals surface area contributed by atoms with Crippen LogP contribution in [0.5, 0.6) is 11.5 Å². The Hall–Kier alpha value is -3.51. The lowest BCUT2D eigenvalue weighted by Crippen LogP contribution is -2.32. The first-order valence-corrected chi connectivity index (χ1v) is 10.7. The molecule has 0 unspecified atom stereocenters. The van der Waals surface area contributed by atoms with Crippen molar-refractivity contribution in [3.05, 3.63) is 89.9 Å². The van der Waals surface area contributed by atoms with Crippen LogP contribution in [0.15, 0.2) is 84.3 Å². The molecule has 1 saturated heterocycles. The molecule has 0 radical (unpaired) electrons. The molecule has 0 aromatic heterocycles. The molecule has 6 heteroatoms. The van der Waals surface area contributed by atoms with E-state index in [1.807, 2.05) is 66.7 Å². The third-order valence-corrected chi connectivity index (χ3v) is 5.65. The van der Waals surface area contributed by atoms with Gasteiger partial charge in [0.25, 0.3) is 11.1 Å². The van der Waals surface area contributed by atoms with E-state index in [1.54, 1.807) is 12.2 Å². The number of amides is 2. The van der Waals surface area contributed by atoms with Crippen molar-refractivity contribution < 1.29 is 19.1 Å². The highest BCUT2D eigenvalue weighted by molar-refractivity contribution is 8.18. The summed E-state index contributed by atoms with van der Waals surface area (Å²) in [5, 5.41) is 1.79. The first-order chi connectivity index (χ1) is 15.2. The lowest BCUT2D eigenvalue weighted by Gasteiger charge is -2.14. The maximum absolute atomic E-state index is 12.7. The van der Waals surface area contributed by atoms with E-state index >= 15 is 0 Å². The van der Waals surface area contributed by atoms with Crippen LogP contribution in [0.3, 0.4) is 0 Å². The third-order valence-electron chi connectivity index (χ3n) is 4.74. The van der Waals surface area contributed by atoms with Crippen LogP contribution in [0.25, 0.3) is 16.8 Å². The quantitative estimate of drug-likeness (QED) is 0.347. The number of thioether (sulfide) groups is 1. The predicted octanol–water partition coefficient (Wildman–Crippen LogP) is 5.52.